The minimum absolute atomic E-state index is 0.00940. The first kappa shape index (κ1) is 12.7. The van der Waals surface area contributed by atoms with Crippen molar-refractivity contribution >= 4 is 29.1 Å². The first-order valence-electron chi connectivity index (χ1n) is 5.46. The summed E-state index contributed by atoms with van der Waals surface area (Å²) < 4.78 is 13.3. The standard InChI is InChI=1S/C12H12Cl2FNO/c13-9-2-1-5-16(7-9)12(17)8-3-4-10(14)11(15)6-8/h3-4,6,9H,1-2,5,7H2. The summed E-state index contributed by atoms with van der Waals surface area (Å²) in [6.07, 6.45) is 1.80. The van der Waals surface area contributed by atoms with Crippen molar-refractivity contribution in [3.63, 3.8) is 0 Å². The predicted octanol–water partition coefficient (Wildman–Crippen LogP) is 3.32. The second-order valence-corrected chi connectivity index (χ2v) is 5.14. The quantitative estimate of drug-likeness (QED) is 0.720. The van der Waals surface area contributed by atoms with Crippen LogP contribution >= 0.6 is 23.2 Å². The van der Waals surface area contributed by atoms with Gasteiger partial charge in [-0.3, -0.25) is 4.79 Å². The molecule has 0 N–H and O–H groups in total. The van der Waals surface area contributed by atoms with Gasteiger partial charge in [-0.2, -0.15) is 0 Å². The molecule has 1 aliphatic rings. The second-order valence-electron chi connectivity index (χ2n) is 4.12. The van der Waals surface area contributed by atoms with Crippen LogP contribution in [0.2, 0.25) is 5.02 Å². The third kappa shape index (κ3) is 2.90. The highest BCUT2D eigenvalue weighted by molar-refractivity contribution is 6.30. The Morgan fingerprint density at radius 2 is 2.24 bits per heavy atom. The number of alkyl halides is 1. The summed E-state index contributed by atoms with van der Waals surface area (Å²) in [5.41, 5.74) is 0.317. The molecular weight excluding hydrogens is 264 g/mol. The lowest BCUT2D eigenvalue weighted by Crippen LogP contribution is -2.40. The Bertz CT molecular complexity index is 439. The van der Waals surface area contributed by atoms with Crippen molar-refractivity contribution in [2.45, 2.75) is 18.2 Å². The van der Waals surface area contributed by atoms with Crippen LogP contribution in [0.5, 0.6) is 0 Å². The topological polar surface area (TPSA) is 20.3 Å². The summed E-state index contributed by atoms with van der Waals surface area (Å²) in [5, 5.41) is 0.0141. The maximum absolute atomic E-state index is 13.3. The third-order valence-electron chi connectivity index (χ3n) is 2.82. The van der Waals surface area contributed by atoms with Crippen molar-refractivity contribution in [2.75, 3.05) is 13.1 Å². The maximum atomic E-state index is 13.3. The number of halogens is 3. The minimum atomic E-state index is -0.572. The normalized spacial score (nSPS) is 20.4. The monoisotopic (exact) mass is 275 g/mol. The number of hydrogen-bond donors (Lipinski definition) is 0. The molecule has 0 spiro atoms. The zero-order valence-electron chi connectivity index (χ0n) is 9.13. The van der Waals surface area contributed by atoms with Crippen LogP contribution in [0.1, 0.15) is 23.2 Å². The molecule has 1 atom stereocenters. The number of carbonyl (C=O) groups is 1. The molecule has 1 aromatic rings. The van der Waals surface area contributed by atoms with Gasteiger partial charge in [0, 0.05) is 18.7 Å². The number of carbonyl (C=O) groups excluding carboxylic acids is 1. The van der Waals surface area contributed by atoms with Gasteiger partial charge in [-0.1, -0.05) is 11.6 Å². The van der Waals surface area contributed by atoms with Crippen molar-refractivity contribution in [3.05, 3.63) is 34.6 Å². The summed E-state index contributed by atoms with van der Waals surface area (Å²) in [5.74, 6) is -0.761. The van der Waals surface area contributed by atoms with E-state index in [0.29, 0.717) is 18.7 Å². The van der Waals surface area contributed by atoms with Crippen LogP contribution in [0.3, 0.4) is 0 Å². The maximum Gasteiger partial charge on any atom is 0.254 e. The van der Waals surface area contributed by atoms with Crippen molar-refractivity contribution in [2.24, 2.45) is 0 Å². The molecule has 5 heteroatoms. The van der Waals surface area contributed by atoms with Crippen LogP contribution in [0, 0.1) is 5.82 Å². The molecule has 1 aliphatic heterocycles. The largest absolute Gasteiger partial charge is 0.337 e. The Labute approximate surface area is 109 Å². The lowest BCUT2D eigenvalue weighted by Gasteiger charge is -2.29. The van der Waals surface area contributed by atoms with Gasteiger partial charge in [0.15, 0.2) is 0 Å². The summed E-state index contributed by atoms with van der Waals surface area (Å²) in [7, 11) is 0. The van der Waals surface area contributed by atoms with E-state index in [2.05, 4.69) is 0 Å². The smallest absolute Gasteiger partial charge is 0.254 e. The van der Waals surface area contributed by atoms with Crippen LogP contribution in [-0.2, 0) is 0 Å². The number of piperidine rings is 1. The summed E-state index contributed by atoms with van der Waals surface area (Å²) >= 11 is 11.6. The van der Waals surface area contributed by atoms with E-state index in [1.165, 1.54) is 18.2 Å². The number of hydrogen-bond acceptors (Lipinski definition) is 1. The van der Waals surface area contributed by atoms with Gasteiger partial charge in [0.1, 0.15) is 5.82 Å². The van der Waals surface area contributed by atoms with E-state index >= 15 is 0 Å². The minimum Gasteiger partial charge on any atom is -0.337 e. The molecule has 0 aliphatic carbocycles. The fourth-order valence-electron chi connectivity index (χ4n) is 1.92. The number of likely N-dealkylation sites (tertiary alicyclic amines) is 1. The van der Waals surface area contributed by atoms with E-state index in [-0.39, 0.29) is 16.3 Å². The van der Waals surface area contributed by atoms with Gasteiger partial charge in [0.2, 0.25) is 0 Å². The Kier molecular flexibility index (Phi) is 3.89. The van der Waals surface area contributed by atoms with E-state index in [4.69, 9.17) is 23.2 Å². The second kappa shape index (κ2) is 5.23. The molecule has 1 saturated heterocycles. The lowest BCUT2D eigenvalue weighted by atomic mass is 10.1. The summed E-state index contributed by atoms with van der Waals surface area (Å²) in [6, 6.07) is 4.10. The average molecular weight is 276 g/mol. The Hall–Kier alpha value is -0.800. The van der Waals surface area contributed by atoms with Gasteiger partial charge in [-0.15, -0.1) is 11.6 Å². The van der Waals surface area contributed by atoms with Gasteiger partial charge in [-0.25, -0.2) is 4.39 Å². The highest BCUT2D eigenvalue weighted by atomic mass is 35.5. The molecule has 0 radical (unpaired) electrons. The van der Waals surface area contributed by atoms with Gasteiger partial charge in [-0.05, 0) is 31.0 Å². The van der Waals surface area contributed by atoms with Gasteiger partial charge < -0.3 is 4.90 Å². The molecule has 92 valence electrons. The number of nitrogens with zero attached hydrogens (tertiary/aromatic N) is 1. The molecule has 2 nitrogen and oxygen atoms in total. The fraction of sp³-hybridized carbons (Fsp3) is 0.417. The average Bonchev–Trinajstić information content (AvgIpc) is 2.32. The van der Waals surface area contributed by atoms with Gasteiger partial charge in [0.05, 0.1) is 10.4 Å². The summed E-state index contributed by atoms with van der Waals surface area (Å²) in [4.78, 5) is 13.7. The molecule has 0 bridgehead atoms. The number of benzene rings is 1. The zero-order chi connectivity index (χ0) is 12.4. The Morgan fingerprint density at radius 1 is 1.47 bits per heavy atom. The van der Waals surface area contributed by atoms with E-state index in [0.717, 1.165) is 12.8 Å². The SMILES string of the molecule is O=C(c1ccc(Cl)c(F)c1)N1CCCC(Cl)C1. The van der Waals surface area contributed by atoms with Crippen LogP contribution in [0.4, 0.5) is 4.39 Å². The van der Waals surface area contributed by atoms with Crippen molar-refractivity contribution in [1.29, 1.82) is 0 Å². The molecule has 17 heavy (non-hydrogen) atoms. The first-order valence-corrected chi connectivity index (χ1v) is 6.28. The number of amides is 1. The van der Waals surface area contributed by atoms with Crippen LogP contribution < -0.4 is 0 Å². The van der Waals surface area contributed by atoms with E-state index < -0.39 is 5.82 Å². The molecular formula is C12H12Cl2FNO. The molecule has 1 amide bonds. The van der Waals surface area contributed by atoms with Crippen LogP contribution in [0.25, 0.3) is 0 Å². The lowest BCUT2D eigenvalue weighted by molar-refractivity contribution is 0.0726. The van der Waals surface area contributed by atoms with Crippen LogP contribution in [-0.4, -0.2) is 29.3 Å². The molecule has 0 aromatic heterocycles. The third-order valence-corrected chi connectivity index (χ3v) is 3.48. The molecule has 1 fully saturated rings. The summed E-state index contributed by atoms with van der Waals surface area (Å²) in [6.45, 7) is 1.19. The van der Waals surface area contributed by atoms with E-state index in [1.807, 2.05) is 0 Å². The van der Waals surface area contributed by atoms with Crippen molar-refractivity contribution < 1.29 is 9.18 Å². The molecule has 1 unspecified atom stereocenters. The first-order chi connectivity index (χ1) is 8.08. The van der Waals surface area contributed by atoms with Crippen molar-refractivity contribution in [1.82, 2.24) is 4.90 Å². The molecule has 1 heterocycles. The molecule has 0 saturated carbocycles. The highest BCUT2D eigenvalue weighted by Gasteiger charge is 2.23. The Balaban J connectivity index is 2.15. The van der Waals surface area contributed by atoms with Crippen LogP contribution in [0.15, 0.2) is 18.2 Å². The van der Waals surface area contributed by atoms with Gasteiger partial charge >= 0.3 is 0 Å². The fourth-order valence-corrected chi connectivity index (χ4v) is 2.36. The highest BCUT2D eigenvalue weighted by Crippen LogP contribution is 2.20. The Morgan fingerprint density at radius 3 is 2.88 bits per heavy atom. The van der Waals surface area contributed by atoms with E-state index in [1.54, 1.807) is 4.90 Å². The zero-order valence-corrected chi connectivity index (χ0v) is 10.6. The molecule has 2 rings (SSSR count). The van der Waals surface area contributed by atoms with E-state index in [9.17, 15) is 9.18 Å². The molecule has 1 aromatic carbocycles. The van der Waals surface area contributed by atoms with Crippen molar-refractivity contribution in [3.8, 4) is 0 Å². The predicted molar refractivity (Wildman–Crippen MR) is 66.2 cm³/mol. The van der Waals surface area contributed by atoms with Gasteiger partial charge in [0.25, 0.3) is 5.91 Å². The number of rotatable bonds is 1.